The van der Waals surface area contributed by atoms with Crippen molar-refractivity contribution in [2.45, 2.75) is 6.92 Å². The molecule has 0 aliphatic heterocycles. The highest BCUT2D eigenvalue weighted by Gasteiger charge is 2.11. The van der Waals surface area contributed by atoms with Gasteiger partial charge in [0.1, 0.15) is 11.4 Å². The third-order valence-corrected chi connectivity index (χ3v) is 2.66. The molecule has 5 nitrogen and oxygen atoms in total. The first-order valence-corrected chi connectivity index (χ1v) is 6.06. The van der Waals surface area contributed by atoms with Crippen LogP contribution in [0.25, 0.3) is 0 Å². The minimum atomic E-state index is -0.201. The Kier molecular flexibility index (Phi) is 3.75. The molecule has 0 aliphatic rings. The van der Waals surface area contributed by atoms with Crippen LogP contribution < -0.4 is 15.8 Å². The maximum atomic E-state index is 12.1. The van der Waals surface area contributed by atoms with Crippen LogP contribution in [0.15, 0.2) is 36.5 Å². The molecule has 1 aromatic heterocycles. The fraction of sp³-hybridized carbons (Fsp3) is 0.214. The SMILES string of the molecule is CCOc1cccc(NC(=O)c2cc(N)cn2C)c1. The number of amides is 1. The average molecular weight is 259 g/mol. The van der Waals surface area contributed by atoms with Gasteiger partial charge in [-0.15, -0.1) is 0 Å². The van der Waals surface area contributed by atoms with Gasteiger partial charge in [0, 0.05) is 25.0 Å². The number of anilines is 2. The highest BCUT2D eigenvalue weighted by molar-refractivity contribution is 6.03. The Labute approximate surface area is 112 Å². The van der Waals surface area contributed by atoms with Crippen molar-refractivity contribution in [3.8, 4) is 5.75 Å². The summed E-state index contributed by atoms with van der Waals surface area (Å²) in [6, 6.07) is 8.92. The summed E-state index contributed by atoms with van der Waals surface area (Å²) in [6.45, 7) is 2.50. The van der Waals surface area contributed by atoms with Gasteiger partial charge in [-0.25, -0.2) is 0 Å². The van der Waals surface area contributed by atoms with Gasteiger partial charge < -0.3 is 20.4 Å². The summed E-state index contributed by atoms with van der Waals surface area (Å²) in [4.78, 5) is 12.1. The molecule has 0 radical (unpaired) electrons. The number of benzene rings is 1. The molecule has 0 fully saturated rings. The van der Waals surface area contributed by atoms with Gasteiger partial charge in [-0.2, -0.15) is 0 Å². The molecule has 0 saturated carbocycles. The molecule has 0 atom stereocenters. The number of nitrogen functional groups attached to an aromatic ring is 1. The molecule has 0 spiro atoms. The molecule has 0 aliphatic carbocycles. The lowest BCUT2D eigenvalue weighted by Gasteiger charge is -2.08. The number of ether oxygens (including phenoxy) is 1. The summed E-state index contributed by atoms with van der Waals surface area (Å²) >= 11 is 0. The predicted octanol–water partition coefficient (Wildman–Crippen LogP) is 2.26. The van der Waals surface area contributed by atoms with E-state index in [9.17, 15) is 4.79 Å². The zero-order valence-corrected chi connectivity index (χ0v) is 11.0. The van der Waals surface area contributed by atoms with Gasteiger partial charge in [-0.1, -0.05) is 6.07 Å². The number of carbonyl (C=O) groups excluding carboxylic acids is 1. The van der Waals surface area contributed by atoms with Crippen LogP contribution >= 0.6 is 0 Å². The number of hydrogen-bond acceptors (Lipinski definition) is 3. The fourth-order valence-corrected chi connectivity index (χ4v) is 1.84. The molecule has 0 bridgehead atoms. The highest BCUT2D eigenvalue weighted by atomic mass is 16.5. The minimum absolute atomic E-state index is 0.201. The quantitative estimate of drug-likeness (QED) is 0.884. The Morgan fingerprint density at radius 1 is 1.42 bits per heavy atom. The standard InChI is InChI=1S/C14H17N3O2/c1-3-19-12-6-4-5-11(8-12)16-14(18)13-7-10(15)9-17(13)2/h4-9H,3,15H2,1-2H3,(H,16,18). The van der Waals surface area contributed by atoms with Crippen molar-refractivity contribution in [3.05, 3.63) is 42.2 Å². The van der Waals surface area contributed by atoms with E-state index in [2.05, 4.69) is 5.32 Å². The number of nitrogens with zero attached hydrogens (tertiary/aromatic N) is 1. The molecule has 100 valence electrons. The van der Waals surface area contributed by atoms with Gasteiger partial charge >= 0.3 is 0 Å². The molecule has 2 aromatic rings. The smallest absolute Gasteiger partial charge is 0.272 e. The third-order valence-electron chi connectivity index (χ3n) is 2.66. The van der Waals surface area contributed by atoms with Crippen molar-refractivity contribution in [2.75, 3.05) is 17.7 Å². The van der Waals surface area contributed by atoms with Crippen molar-refractivity contribution in [2.24, 2.45) is 7.05 Å². The zero-order valence-electron chi connectivity index (χ0n) is 11.0. The van der Waals surface area contributed by atoms with Gasteiger partial charge in [-0.05, 0) is 25.1 Å². The van der Waals surface area contributed by atoms with E-state index in [0.29, 0.717) is 23.7 Å². The van der Waals surface area contributed by atoms with Crippen molar-refractivity contribution in [3.63, 3.8) is 0 Å². The van der Waals surface area contributed by atoms with Crippen molar-refractivity contribution in [1.82, 2.24) is 4.57 Å². The first-order valence-electron chi connectivity index (χ1n) is 6.06. The Hall–Kier alpha value is -2.43. The maximum Gasteiger partial charge on any atom is 0.272 e. The molecule has 1 aromatic carbocycles. The second-order valence-corrected chi connectivity index (χ2v) is 4.18. The lowest BCUT2D eigenvalue weighted by atomic mass is 10.3. The van der Waals surface area contributed by atoms with Crippen molar-refractivity contribution >= 4 is 17.3 Å². The van der Waals surface area contributed by atoms with Crippen LogP contribution in [-0.4, -0.2) is 17.1 Å². The van der Waals surface area contributed by atoms with Crippen molar-refractivity contribution < 1.29 is 9.53 Å². The van der Waals surface area contributed by atoms with Crippen molar-refractivity contribution in [1.29, 1.82) is 0 Å². The van der Waals surface area contributed by atoms with Crippen LogP contribution in [0.2, 0.25) is 0 Å². The monoisotopic (exact) mass is 259 g/mol. The number of aryl methyl sites for hydroxylation is 1. The van der Waals surface area contributed by atoms with Crippen LogP contribution in [0, 0.1) is 0 Å². The van der Waals surface area contributed by atoms with Crippen LogP contribution in [-0.2, 0) is 7.05 Å². The van der Waals surface area contributed by atoms with Gasteiger partial charge in [0.05, 0.1) is 12.3 Å². The maximum absolute atomic E-state index is 12.1. The Morgan fingerprint density at radius 3 is 2.84 bits per heavy atom. The lowest BCUT2D eigenvalue weighted by molar-refractivity contribution is 0.101. The first-order chi connectivity index (χ1) is 9.10. The van der Waals surface area contributed by atoms with Crippen LogP contribution in [0.4, 0.5) is 11.4 Å². The Bertz CT molecular complexity index is 590. The number of nitrogens with one attached hydrogen (secondary N) is 1. The first kappa shape index (κ1) is 13.0. The number of nitrogens with two attached hydrogens (primary N) is 1. The summed E-state index contributed by atoms with van der Waals surface area (Å²) < 4.78 is 7.08. The van der Waals surface area contributed by atoms with E-state index in [-0.39, 0.29) is 5.91 Å². The highest BCUT2D eigenvalue weighted by Crippen LogP contribution is 2.18. The van der Waals surface area contributed by atoms with Gasteiger partial charge in [0.25, 0.3) is 5.91 Å². The molecule has 1 heterocycles. The second-order valence-electron chi connectivity index (χ2n) is 4.18. The number of carbonyl (C=O) groups is 1. The summed E-state index contributed by atoms with van der Waals surface area (Å²) in [5, 5.41) is 2.82. The Morgan fingerprint density at radius 2 is 2.21 bits per heavy atom. The predicted molar refractivity (Wildman–Crippen MR) is 75.4 cm³/mol. The van der Waals surface area contributed by atoms with E-state index in [4.69, 9.17) is 10.5 Å². The van der Waals surface area contributed by atoms with E-state index in [1.165, 1.54) is 0 Å². The molecule has 2 rings (SSSR count). The molecule has 5 heteroatoms. The van der Waals surface area contributed by atoms with Crippen LogP contribution in [0.5, 0.6) is 5.75 Å². The minimum Gasteiger partial charge on any atom is -0.494 e. The molecular weight excluding hydrogens is 242 g/mol. The van der Waals surface area contributed by atoms with E-state index in [0.717, 1.165) is 5.75 Å². The lowest BCUT2D eigenvalue weighted by Crippen LogP contribution is -2.15. The summed E-state index contributed by atoms with van der Waals surface area (Å²) in [6.07, 6.45) is 1.70. The summed E-state index contributed by atoms with van der Waals surface area (Å²) in [5.41, 5.74) is 7.42. The van der Waals surface area contributed by atoms with E-state index >= 15 is 0 Å². The normalized spacial score (nSPS) is 10.2. The molecule has 0 saturated heterocycles. The second kappa shape index (κ2) is 5.48. The number of aromatic nitrogens is 1. The fourth-order valence-electron chi connectivity index (χ4n) is 1.84. The van der Waals surface area contributed by atoms with Crippen LogP contribution in [0.3, 0.4) is 0 Å². The molecular formula is C14H17N3O2. The summed E-state index contributed by atoms with van der Waals surface area (Å²) in [7, 11) is 1.78. The largest absolute Gasteiger partial charge is 0.494 e. The van der Waals surface area contributed by atoms with E-state index < -0.39 is 0 Å². The average Bonchev–Trinajstić information content (AvgIpc) is 2.69. The number of hydrogen-bond donors (Lipinski definition) is 2. The van der Waals surface area contributed by atoms with E-state index in [1.54, 1.807) is 29.9 Å². The van der Waals surface area contributed by atoms with Gasteiger partial charge in [-0.3, -0.25) is 4.79 Å². The molecule has 1 amide bonds. The molecule has 0 unspecified atom stereocenters. The zero-order chi connectivity index (χ0) is 13.8. The van der Waals surface area contributed by atoms with Gasteiger partial charge in [0.15, 0.2) is 0 Å². The van der Waals surface area contributed by atoms with E-state index in [1.807, 2.05) is 25.1 Å². The Balaban J connectivity index is 2.14. The van der Waals surface area contributed by atoms with Crippen LogP contribution in [0.1, 0.15) is 17.4 Å². The third kappa shape index (κ3) is 3.07. The number of rotatable bonds is 4. The topological polar surface area (TPSA) is 69.3 Å². The summed E-state index contributed by atoms with van der Waals surface area (Å²) in [5.74, 6) is 0.527. The molecule has 3 N–H and O–H groups in total. The van der Waals surface area contributed by atoms with Gasteiger partial charge in [0.2, 0.25) is 0 Å². The molecule has 19 heavy (non-hydrogen) atoms.